The molecule has 0 aliphatic carbocycles. The molecule has 6 rings (SSSR count). The van der Waals surface area contributed by atoms with E-state index in [2.05, 4.69) is 26.6 Å². The number of methoxy groups -OCH3 is 2. The molecule has 450 valence electrons. The van der Waals surface area contributed by atoms with Crippen LogP contribution in [0.15, 0.2) is 121 Å². The molecule has 1 aliphatic rings. The maximum absolute atomic E-state index is 14.1. The third-order valence-electron chi connectivity index (χ3n) is 14.4. The number of benzene rings is 5. The number of Topliss-reactive ketones (excluding diaryl/α,β-unsaturated/α-hetero) is 1. The van der Waals surface area contributed by atoms with E-state index in [1.165, 1.54) is 23.1 Å². The third-order valence-corrected chi connectivity index (χ3v) is 14.4. The van der Waals surface area contributed by atoms with Gasteiger partial charge in [-0.2, -0.15) is 13.2 Å². The fourth-order valence-electron chi connectivity index (χ4n) is 9.14. The van der Waals surface area contributed by atoms with Gasteiger partial charge < -0.3 is 55.2 Å². The predicted octanol–water partition coefficient (Wildman–Crippen LogP) is 9.97. The van der Waals surface area contributed by atoms with Crippen molar-refractivity contribution in [3.8, 4) is 17.2 Å². The smallest absolute Gasteiger partial charge is 0.416 e. The van der Waals surface area contributed by atoms with Crippen LogP contribution in [0.25, 0.3) is 0 Å². The molecule has 5 aromatic rings. The highest BCUT2D eigenvalue weighted by Gasteiger charge is 2.41. The first kappa shape index (κ1) is 64.5. The molecule has 0 saturated carbocycles. The van der Waals surface area contributed by atoms with Crippen LogP contribution >= 0.6 is 0 Å². The van der Waals surface area contributed by atoms with Gasteiger partial charge in [-0.15, -0.1) is 0 Å². The number of carbonyl (C=O) groups is 7. The number of hydrogen-bond donors (Lipinski definition) is 5. The topological polar surface area (TPSA) is 229 Å². The normalized spacial score (nSPS) is 14.0. The van der Waals surface area contributed by atoms with Crippen molar-refractivity contribution in [3.63, 3.8) is 0 Å². The molecule has 0 radical (unpaired) electrons. The second kappa shape index (κ2) is 31.7. The first-order valence-corrected chi connectivity index (χ1v) is 28.1. The fraction of sp³-hybridized carbons (Fsp3) is 0.413. The molecule has 21 heteroatoms. The average Bonchev–Trinajstić information content (AvgIpc) is 3.46. The Labute approximate surface area is 487 Å². The van der Waals surface area contributed by atoms with Crippen LogP contribution in [0.2, 0.25) is 0 Å². The van der Waals surface area contributed by atoms with Gasteiger partial charge in [0.2, 0.25) is 11.7 Å². The number of esters is 1. The molecule has 3 atom stereocenters. The molecular formula is C63H75F3N6O12. The van der Waals surface area contributed by atoms with E-state index in [-0.39, 0.29) is 57.1 Å². The molecule has 0 aromatic heterocycles. The second-order valence-corrected chi connectivity index (χ2v) is 20.8. The van der Waals surface area contributed by atoms with Crippen LogP contribution in [0, 0.1) is 5.41 Å². The van der Waals surface area contributed by atoms with Gasteiger partial charge in [0.25, 0.3) is 17.7 Å². The van der Waals surface area contributed by atoms with Crippen LogP contribution in [0.1, 0.15) is 117 Å². The summed E-state index contributed by atoms with van der Waals surface area (Å²) >= 11 is 0. The quantitative estimate of drug-likeness (QED) is 0.0164. The zero-order chi connectivity index (χ0) is 60.7. The molecular weight excluding hydrogens is 1090 g/mol. The van der Waals surface area contributed by atoms with E-state index in [1.54, 1.807) is 101 Å². The minimum absolute atomic E-state index is 0.0261. The lowest BCUT2D eigenvalue weighted by molar-refractivity contribution is -0.164. The van der Waals surface area contributed by atoms with Crippen LogP contribution in [-0.2, 0) is 52.7 Å². The van der Waals surface area contributed by atoms with Gasteiger partial charge in [0.05, 0.1) is 31.0 Å². The largest absolute Gasteiger partial charge is 0.493 e. The Morgan fingerprint density at radius 2 is 1.43 bits per heavy atom. The summed E-state index contributed by atoms with van der Waals surface area (Å²) in [6.45, 7) is 5.69. The van der Waals surface area contributed by atoms with Crippen molar-refractivity contribution in [3.05, 3.63) is 149 Å². The maximum atomic E-state index is 14.1. The van der Waals surface area contributed by atoms with Crippen LogP contribution in [-0.4, -0.2) is 105 Å². The molecule has 18 nitrogen and oxygen atoms in total. The number of ether oxygens (including phenoxy) is 5. The number of rotatable bonds is 30. The van der Waals surface area contributed by atoms with Gasteiger partial charge in [0.15, 0.2) is 18.1 Å². The molecule has 5 N–H and O–H groups in total. The van der Waals surface area contributed by atoms with E-state index in [4.69, 9.17) is 23.7 Å². The Morgan fingerprint density at radius 3 is 2.15 bits per heavy atom. The number of anilines is 2. The molecule has 0 bridgehead atoms. The summed E-state index contributed by atoms with van der Waals surface area (Å²) in [7, 11) is 3.09. The van der Waals surface area contributed by atoms with Crippen molar-refractivity contribution in [2.75, 3.05) is 52.3 Å². The Hall–Kier alpha value is -8.62. The second-order valence-electron chi connectivity index (χ2n) is 20.8. The fourth-order valence-corrected chi connectivity index (χ4v) is 9.14. The number of alkyl carbamates (subject to hydrolysis) is 1. The van der Waals surface area contributed by atoms with Gasteiger partial charge in [-0.25, -0.2) is 9.59 Å². The monoisotopic (exact) mass is 1160 g/mol. The molecule has 5 aromatic carbocycles. The predicted molar refractivity (Wildman–Crippen MR) is 309 cm³/mol. The number of carbonyl (C=O) groups excluding carboxylic acids is 7. The van der Waals surface area contributed by atoms with Crippen molar-refractivity contribution in [2.24, 2.45) is 5.41 Å². The number of hydrogen-bond acceptors (Lipinski definition) is 13. The summed E-state index contributed by atoms with van der Waals surface area (Å²) in [5, 5.41) is 13.9. The minimum Gasteiger partial charge on any atom is -0.493 e. The highest BCUT2D eigenvalue weighted by Crippen LogP contribution is 2.34. The number of piperidine rings is 1. The lowest BCUT2D eigenvalue weighted by Gasteiger charge is -2.36. The molecule has 1 aliphatic heterocycles. The number of halogens is 3. The zero-order valence-corrected chi connectivity index (χ0v) is 48.1. The number of alkyl halides is 3. The SMILES string of the molecule is CCC(C)(C)C(=O)C(=O)N1CCCCC1C(=O)OC(CCc1ccc(OC)c(OC)c1)c1ccc(OCC(=O)NCCCCC(NC(=O)OCc2ccccc2)C(=O)NCCCNC(=O)c2ccccc2Nc2cccc(C(F)(F)F)c2)cc1. The number of unbranched alkanes of at least 4 members (excludes halogenated alkanes) is 1. The van der Waals surface area contributed by atoms with Crippen LogP contribution in [0.3, 0.4) is 0 Å². The summed E-state index contributed by atoms with van der Waals surface area (Å²) in [6, 6.07) is 30.4. The Balaban J connectivity index is 0.991. The Kier molecular flexibility index (Phi) is 24.4. The van der Waals surface area contributed by atoms with Crippen molar-refractivity contribution in [2.45, 2.75) is 116 Å². The summed E-state index contributed by atoms with van der Waals surface area (Å²) in [5.74, 6) is -1.75. The molecule has 1 saturated heterocycles. The highest BCUT2D eigenvalue weighted by atomic mass is 19.4. The van der Waals surface area contributed by atoms with Crippen molar-refractivity contribution < 1.29 is 70.4 Å². The van der Waals surface area contributed by atoms with Gasteiger partial charge in [0.1, 0.15) is 30.5 Å². The molecule has 0 spiro atoms. The van der Waals surface area contributed by atoms with E-state index in [0.717, 1.165) is 23.3 Å². The number of amides is 5. The van der Waals surface area contributed by atoms with Gasteiger partial charge in [-0.3, -0.25) is 24.0 Å². The Morgan fingerprint density at radius 1 is 0.714 bits per heavy atom. The van der Waals surface area contributed by atoms with E-state index >= 15 is 0 Å². The number of ketones is 1. The molecule has 1 fully saturated rings. The van der Waals surface area contributed by atoms with Gasteiger partial charge in [-0.1, -0.05) is 87.5 Å². The summed E-state index contributed by atoms with van der Waals surface area (Å²) in [6.07, 6.45) is -1.80. The zero-order valence-electron chi connectivity index (χ0n) is 48.1. The number of para-hydroxylation sites is 1. The summed E-state index contributed by atoms with van der Waals surface area (Å²) in [4.78, 5) is 94.8. The van der Waals surface area contributed by atoms with Crippen LogP contribution in [0.4, 0.5) is 29.3 Å². The third kappa shape index (κ3) is 19.5. The maximum Gasteiger partial charge on any atom is 0.416 e. The van der Waals surface area contributed by atoms with E-state index < -0.39 is 76.8 Å². The van der Waals surface area contributed by atoms with Gasteiger partial charge in [-0.05, 0) is 135 Å². The summed E-state index contributed by atoms with van der Waals surface area (Å²) < 4.78 is 68.3. The van der Waals surface area contributed by atoms with Crippen molar-refractivity contribution in [1.82, 2.24) is 26.2 Å². The average molecular weight is 1170 g/mol. The Bertz CT molecular complexity index is 3010. The van der Waals surface area contributed by atoms with E-state index in [0.29, 0.717) is 86.3 Å². The first-order chi connectivity index (χ1) is 40.3. The lowest BCUT2D eigenvalue weighted by atomic mass is 9.84. The first-order valence-electron chi connectivity index (χ1n) is 28.1. The molecule has 3 unspecified atom stereocenters. The van der Waals surface area contributed by atoms with Crippen LogP contribution < -0.4 is 40.8 Å². The number of aryl methyl sites for hydroxylation is 1. The van der Waals surface area contributed by atoms with E-state index in [9.17, 15) is 46.7 Å². The standard InChI is InChI=1S/C63H75F3N6O12/c1-6-62(2,3)56(74)59(77)72-37-15-13-25-51(72)60(78)84-52(32-26-42-27-33-53(80-4)54(38-42)81-5)44-28-30-47(31-29-44)82-41-55(73)67-34-14-12-24-50(71-61(79)83-40-43-18-8-7-9-19-43)58(76)69-36-17-35-68-57(75)48-22-10-11-23-49(48)70-46-21-16-20-45(39-46)63(64,65)66/h7-11,16,18-23,27-31,33,38-39,50-52,70H,6,12-15,17,24-26,32,34-37,40-41H2,1-5H3,(H,67,73)(H,68,75)(H,69,76)(H,71,79). The minimum atomic E-state index is -4.54. The summed E-state index contributed by atoms with van der Waals surface area (Å²) in [5.41, 5.74) is 1.21. The molecule has 84 heavy (non-hydrogen) atoms. The lowest BCUT2D eigenvalue weighted by Crippen LogP contribution is -2.53. The number of nitrogens with zero attached hydrogens (tertiary/aromatic N) is 1. The number of nitrogens with one attached hydrogen (secondary N) is 5. The van der Waals surface area contributed by atoms with Gasteiger partial charge in [0, 0.05) is 37.3 Å². The van der Waals surface area contributed by atoms with Crippen molar-refractivity contribution in [1.29, 1.82) is 0 Å². The van der Waals surface area contributed by atoms with Gasteiger partial charge >= 0.3 is 18.2 Å². The van der Waals surface area contributed by atoms with Crippen molar-refractivity contribution >= 4 is 52.8 Å². The molecule has 5 amide bonds. The number of likely N-dealkylation sites (tertiary alicyclic amines) is 1. The van der Waals surface area contributed by atoms with E-state index in [1.807, 2.05) is 25.1 Å². The van der Waals surface area contributed by atoms with Crippen LogP contribution in [0.5, 0.6) is 17.2 Å². The molecule has 1 heterocycles. The highest BCUT2D eigenvalue weighted by molar-refractivity contribution is 6.38.